The van der Waals surface area contributed by atoms with Crippen LogP contribution in [0, 0.1) is 13.8 Å². The Balaban J connectivity index is 3.37. The van der Waals surface area contributed by atoms with Gasteiger partial charge in [0.05, 0.1) is 5.69 Å². The summed E-state index contributed by atoms with van der Waals surface area (Å²) in [5.41, 5.74) is 7.68. The Bertz CT molecular complexity index is 568. The van der Waals surface area contributed by atoms with Crippen molar-refractivity contribution in [2.24, 2.45) is 0 Å². The van der Waals surface area contributed by atoms with Crippen LogP contribution in [0.15, 0.2) is 17.0 Å². The first-order valence-corrected chi connectivity index (χ1v) is 8.15. The number of sulfonamides is 1. The second kappa shape index (κ2) is 6.56. The minimum absolute atomic E-state index is 0.0407. The number of aliphatic hydroxyl groups is 1. The molecule has 0 unspecified atom stereocenters. The van der Waals surface area contributed by atoms with Gasteiger partial charge in [0.1, 0.15) is 4.90 Å². The van der Waals surface area contributed by atoms with Gasteiger partial charge in [-0.1, -0.05) is 12.1 Å². The van der Waals surface area contributed by atoms with E-state index < -0.39 is 10.0 Å². The van der Waals surface area contributed by atoms with Gasteiger partial charge in [-0.15, -0.1) is 0 Å². The zero-order chi connectivity index (χ0) is 15.5. The van der Waals surface area contributed by atoms with E-state index in [-0.39, 0.29) is 24.1 Å². The zero-order valence-corrected chi connectivity index (χ0v) is 13.4. The average Bonchev–Trinajstić information content (AvgIpc) is 2.34. The summed E-state index contributed by atoms with van der Waals surface area (Å²) in [5.74, 6) is 0. The highest BCUT2D eigenvalue weighted by atomic mass is 32.2. The number of nitrogens with two attached hydrogens (primary N) is 1. The number of nitrogens with zero attached hydrogens (tertiary/aromatic N) is 1. The maximum atomic E-state index is 12.8. The number of anilines is 1. The van der Waals surface area contributed by atoms with Gasteiger partial charge in [0, 0.05) is 19.2 Å². The van der Waals surface area contributed by atoms with Crippen LogP contribution in [-0.4, -0.2) is 37.0 Å². The molecule has 114 valence electrons. The number of hydrogen-bond donors (Lipinski definition) is 2. The standard InChI is InChI=1S/C14H24N2O3S/c1-10(2)16(8-5-9-17)20(18,19)14-12(4)7-6-11(3)13(14)15/h6-7,10,17H,5,8-9,15H2,1-4H3. The smallest absolute Gasteiger partial charge is 0.245 e. The molecule has 6 heteroatoms. The van der Waals surface area contributed by atoms with E-state index in [0.29, 0.717) is 17.7 Å². The van der Waals surface area contributed by atoms with Crippen molar-refractivity contribution in [2.75, 3.05) is 18.9 Å². The predicted octanol–water partition coefficient (Wildman–Crippen LogP) is 1.67. The monoisotopic (exact) mass is 300 g/mol. The average molecular weight is 300 g/mol. The van der Waals surface area contributed by atoms with Gasteiger partial charge >= 0.3 is 0 Å². The minimum atomic E-state index is -3.66. The number of rotatable bonds is 6. The second-order valence-corrected chi connectivity index (χ2v) is 7.06. The van der Waals surface area contributed by atoms with E-state index in [9.17, 15) is 8.42 Å². The van der Waals surface area contributed by atoms with Gasteiger partial charge in [-0.3, -0.25) is 0 Å². The van der Waals surface area contributed by atoms with Crippen molar-refractivity contribution in [1.29, 1.82) is 0 Å². The number of nitrogen functional groups attached to an aromatic ring is 1. The van der Waals surface area contributed by atoms with E-state index >= 15 is 0 Å². The van der Waals surface area contributed by atoms with Crippen LogP contribution in [-0.2, 0) is 10.0 Å². The lowest BCUT2D eigenvalue weighted by Crippen LogP contribution is -2.38. The minimum Gasteiger partial charge on any atom is -0.397 e. The fourth-order valence-electron chi connectivity index (χ4n) is 2.15. The summed E-state index contributed by atoms with van der Waals surface area (Å²) in [6.07, 6.45) is 0.405. The van der Waals surface area contributed by atoms with Gasteiger partial charge in [-0.05, 0) is 45.2 Å². The molecular weight excluding hydrogens is 276 g/mol. The van der Waals surface area contributed by atoms with E-state index in [0.717, 1.165) is 5.56 Å². The zero-order valence-electron chi connectivity index (χ0n) is 12.5. The maximum absolute atomic E-state index is 12.8. The van der Waals surface area contributed by atoms with Crippen LogP contribution in [0.2, 0.25) is 0 Å². The molecule has 0 aromatic heterocycles. The van der Waals surface area contributed by atoms with Crippen molar-refractivity contribution in [3.8, 4) is 0 Å². The molecular formula is C14H24N2O3S. The molecule has 0 saturated carbocycles. The summed E-state index contributed by atoms with van der Waals surface area (Å²) in [4.78, 5) is 0.184. The first-order chi connectivity index (χ1) is 9.23. The largest absolute Gasteiger partial charge is 0.397 e. The summed E-state index contributed by atoms with van der Waals surface area (Å²) in [5, 5.41) is 8.94. The molecule has 0 atom stereocenters. The van der Waals surface area contributed by atoms with Gasteiger partial charge in [0.15, 0.2) is 0 Å². The summed E-state index contributed by atoms with van der Waals surface area (Å²) in [6, 6.07) is 3.39. The Hall–Kier alpha value is -1.11. The van der Waals surface area contributed by atoms with Gasteiger partial charge in [0.25, 0.3) is 0 Å². The third-order valence-electron chi connectivity index (χ3n) is 3.29. The van der Waals surface area contributed by atoms with Gasteiger partial charge in [-0.2, -0.15) is 4.31 Å². The molecule has 1 rings (SSSR count). The number of aryl methyl sites for hydroxylation is 2. The molecule has 0 radical (unpaired) electrons. The van der Waals surface area contributed by atoms with Crippen molar-refractivity contribution in [3.63, 3.8) is 0 Å². The summed E-state index contributed by atoms with van der Waals surface area (Å²) >= 11 is 0. The highest BCUT2D eigenvalue weighted by Gasteiger charge is 2.30. The quantitative estimate of drug-likeness (QED) is 0.783. The van der Waals surface area contributed by atoms with E-state index in [2.05, 4.69) is 0 Å². The predicted molar refractivity (Wildman–Crippen MR) is 81.1 cm³/mol. The van der Waals surface area contributed by atoms with Crippen molar-refractivity contribution in [3.05, 3.63) is 23.3 Å². The summed E-state index contributed by atoms with van der Waals surface area (Å²) < 4.78 is 27.1. The number of aliphatic hydroxyl groups excluding tert-OH is 1. The lowest BCUT2D eigenvalue weighted by molar-refractivity contribution is 0.258. The van der Waals surface area contributed by atoms with Gasteiger partial charge < -0.3 is 10.8 Å². The lowest BCUT2D eigenvalue weighted by Gasteiger charge is -2.27. The molecule has 0 spiro atoms. The first kappa shape index (κ1) is 16.9. The van der Waals surface area contributed by atoms with Crippen LogP contribution in [0.4, 0.5) is 5.69 Å². The third-order valence-corrected chi connectivity index (χ3v) is 5.57. The molecule has 0 aliphatic heterocycles. The normalized spacial score (nSPS) is 12.3. The van der Waals surface area contributed by atoms with Gasteiger partial charge in [-0.25, -0.2) is 8.42 Å². The number of benzene rings is 1. The van der Waals surface area contributed by atoms with E-state index in [1.807, 2.05) is 19.9 Å². The molecule has 1 aromatic carbocycles. The molecule has 20 heavy (non-hydrogen) atoms. The van der Waals surface area contributed by atoms with Gasteiger partial charge in [0.2, 0.25) is 10.0 Å². The van der Waals surface area contributed by atoms with Crippen LogP contribution < -0.4 is 5.73 Å². The van der Waals surface area contributed by atoms with Crippen LogP contribution in [0.1, 0.15) is 31.4 Å². The van der Waals surface area contributed by atoms with Crippen LogP contribution in [0.5, 0.6) is 0 Å². The lowest BCUT2D eigenvalue weighted by atomic mass is 10.1. The number of hydrogen-bond acceptors (Lipinski definition) is 4. The fourth-order valence-corrected chi connectivity index (χ4v) is 4.22. The Morgan fingerprint density at radius 1 is 1.25 bits per heavy atom. The van der Waals surface area contributed by atoms with Crippen LogP contribution >= 0.6 is 0 Å². The van der Waals surface area contributed by atoms with E-state index in [1.165, 1.54) is 4.31 Å². The Morgan fingerprint density at radius 2 is 1.80 bits per heavy atom. The highest BCUT2D eigenvalue weighted by molar-refractivity contribution is 7.89. The third kappa shape index (κ3) is 3.31. The highest BCUT2D eigenvalue weighted by Crippen LogP contribution is 2.29. The molecule has 0 heterocycles. The molecule has 0 aliphatic rings. The maximum Gasteiger partial charge on any atom is 0.245 e. The molecule has 1 aromatic rings. The van der Waals surface area contributed by atoms with Crippen molar-refractivity contribution >= 4 is 15.7 Å². The molecule has 3 N–H and O–H groups in total. The van der Waals surface area contributed by atoms with Crippen LogP contribution in [0.25, 0.3) is 0 Å². The molecule has 0 fully saturated rings. The molecule has 5 nitrogen and oxygen atoms in total. The summed E-state index contributed by atoms with van der Waals surface area (Å²) in [7, 11) is -3.66. The fraction of sp³-hybridized carbons (Fsp3) is 0.571. The molecule has 0 saturated heterocycles. The molecule has 0 amide bonds. The molecule has 0 aliphatic carbocycles. The van der Waals surface area contributed by atoms with Crippen molar-refractivity contribution in [2.45, 2.75) is 45.1 Å². The Labute approximate surface area is 121 Å². The topological polar surface area (TPSA) is 83.6 Å². The van der Waals surface area contributed by atoms with Crippen molar-refractivity contribution in [1.82, 2.24) is 4.31 Å². The van der Waals surface area contributed by atoms with E-state index in [4.69, 9.17) is 10.8 Å². The molecule has 0 bridgehead atoms. The SMILES string of the molecule is Cc1ccc(C)c(S(=O)(=O)N(CCCO)C(C)C)c1N. The van der Waals surface area contributed by atoms with Crippen LogP contribution in [0.3, 0.4) is 0 Å². The van der Waals surface area contributed by atoms with Crippen molar-refractivity contribution < 1.29 is 13.5 Å². The second-order valence-electron chi connectivity index (χ2n) is 5.23. The summed E-state index contributed by atoms with van der Waals surface area (Å²) in [6.45, 7) is 7.41. The first-order valence-electron chi connectivity index (χ1n) is 6.71. The Kier molecular flexibility index (Phi) is 5.56. The Morgan fingerprint density at radius 3 is 2.30 bits per heavy atom. The van der Waals surface area contributed by atoms with E-state index in [1.54, 1.807) is 19.9 Å².